The SMILES string of the molecule is Cc1cnc(Nc2c(C(=O)NOC(C)(C)C)cc(Cl)c(F)c2F)c(Br)c1. The number of nitrogens with zero attached hydrogens (tertiary/aromatic N) is 1. The molecule has 26 heavy (non-hydrogen) atoms. The number of hydrogen-bond donors (Lipinski definition) is 2. The predicted molar refractivity (Wildman–Crippen MR) is 99.6 cm³/mol. The fourth-order valence-electron chi connectivity index (χ4n) is 1.89. The summed E-state index contributed by atoms with van der Waals surface area (Å²) in [5.74, 6) is -3.15. The van der Waals surface area contributed by atoms with Gasteiger partial charge in [-0.15, -0.1) is 0 Å². The van der Waals surface area contributed by atoms with Crippen molar-refractivity contribution in [1.29, 1.82) is 0 Å². The molecule has 2 rings (SSSR count). The molecule has 0 saturated heterocycles. The molecule has 2 N–H and O–H groups in total. The van der Waals surface area contributed by atoms with E-state index in [4.69, 9.17) is 16.4 Å². The van der Waals surface area contributed by atoms with Crippen LogP contribution >= 0.6 is 27.5 Å². The molecule has 1 aromatic carbocycles. The van der Waals surface area contributed by atoms with E-state index < -0.39 is 33.9 Å². The molecule has 0 unspecified atom stereocenters. The zero-order valence-electron chi connectivity index (χ0n) is 14.5. The van der Waals surface area contributed by atoms with Crippen molar-refractivity contribution in [3.63, 3.8) is 0 Å². The minimum atomic E-state index is -1.30. The summed E-state index contributed by atoms with van der Waals surface area (Å²) in [4.78, 5) is 21.7. The lowest BCUT2D eigenvalue weighted by Crippen LogP contribution is -2.34. The average Bonchev–Trinajstić information content (AvgIpc) is 2.54. The van der Waals surface area contributed by atoms with Crippen LogP contribution in [0.25, 0.3) is 0 Å². The van der Waals surface area contributed by atoms with Crippen molar-refractivity contribution in [1.82, 2.24) is 10.5 Å². The molecule has 0 bridgehead atoms. The third-order valence-corrected chi connectivity index (χ3v) is 3.96. The second-order valence-corrected chi connectivity index (χ2v) is 7.78. The highest BCUT2D eigenvalue weighted by molar-refractivity contribution is 9.10. The van der Waals surface area contributed by atoms with Crippen molar-refractivity contribution in [2.45, 2.75) is 33.3 Å². The van der Waals surface area contributed by atoms with Gasteiger partial charge in [-0.1, -0.05) is 11.6 Å². The Hall–Kier alpha value is -1.77. The molecule has 0 aliphatic heterocycles. The second kappa shape index (κ2) is 7.85. The Bertz CT molecular complexity index is 857. The number of amides is 1. The number of anilines is 2. The molecule has 0 aliphatic rings. The Morgan fingerprint density at radius 1 is 1.27 bits per heavy atom. The van der Waals surface area contributed by atoms with Crippen molar-refractivity contribution >= 4 is 44.9 Å². The highest BCUT2D eigenvalue weighted by Crippen LogP contribution is 2.33. The summed E-state index contributed by atoms with van der Waals surface area (Å²) in [7, 11) is 0. The van der Waals surface area contributed by atoms with Gasteiger partial charge in [-0.2, -0.15) is 0 Å². The maximum atomic E-state index is 14.5. The summed E-state index contributed by atoms with van der Waals surface area (Å²) in [5.41, 5.74) is 1.76. The van der Waals surface area contributed by atoms with Crippen LogP contribution in [0.5, 0.6) is 0 Å². The Morgan fingerprint density at radius 3 is 2.50 bits per heavy atom. The number of hydrogen-bond acceptors (Lipinski definition) is 4. The quantitative estimate of drug-likeness (QED) is 0.493. The summed E-state index contributed by atoms with van der Waals surface area (Å²) in [6.07, 6.45) is 1.54. The van der Waals surface area contributed by atoms with E-state index in [0.717, 1.165) is 11.6 Å². The number of hydroxylamine groups is 1. The van der Waals surface area contributed by atoms with E-state index in [0.29, 0.717) is 4.47 Å². The van der Waals surface area contributed by atoms with E-state index in [2.05, 4.69) is 31.7 Å². The van der Waals surface area contributed by atoms with E-state index in [9.17, 15) is 13.6 Å². The molecule has 0 atom stereocenters. The summed E-state index contributed by atoms with van der Waals surface area (Å²) in [5, 5.41) is 2.11. The predicted octanol–water partition coefficient (Wildman–Crippen LogP) is 5.29. The van der Waals surface area contributed by atoms with Crippen LogP contribution in [0.3, 0.4) is 0 Å². The number of rotatable bonds is 4. The highest BCUT2D eigenvalue weighted by Gasteiger charge is 2.24. The summed E-state index contributed by atoms with van der Waals surface area (Å²) < 4.78 is 28.9. The van der Waals surface area contributed by atoms with Crippen LogP contribution in [0.1, 0.15) is 36.7 Å². The van der Waals surface area contributed by atoms with Gasteiger partial charge in [-0.3, -0.25) is 9.63 Å². The van der Waals surface area contributed by atoms with Crippen LogP contribution in [0.15, 0.2) is 22.8 Å². The van der Waals surface area contributed by atoms with Gasteiger partial charge in [0, 0.05) is 6.20 Å². The zero-order chi connectivity index (χ0) is 19.6. The van der Waals surface area contributed by atoms with Crippen LogP contribution in [0, 0.1) is 18.6 Å². The van der Waals surface area contributed by atoms with Gasteiger partial charge in [0.05, 0.1) is 26.3 Å². The second-order valence-electron chi connectivity index (χ2n) is 6.52. The normalized spacial score (nSPS) is 11.4. The molecule has 0 aliphatic carbocycles. The molecule has 5 nitrogen and oxygen atoms in total. The molecule has 0 fully saturated rings. The van der Waals surface area contributed by atoms with Gasteiger partial charge in [0.1, 0.15) is 5.82 Å². The molecular weight excluding hydrogens is 432 g/mol. The molecule has 2 aromatic rings. The number of carbonyl (C=O) groups is 1. The van der Waals surface area contributed by atoms with Gasteiger partial charge >= 0.3 is 0 Å². The standard InChI is InChI=1S/C17H17BrClF2N3O2/c1-8-5-10(18)15(22-7-8)23-14-9(6-11(19)12(20)13(14)21)16(25)24-26-17(2,3)4/h5-7H,1-4H3,(H,22,23)(H,24,25). The summed E-state index contributed by atoms with van der Waals surface area (Å²) in [6.45, 7) is 6.99. The number of carbonyl (C=O) groups excluding carboxylic acids is 1. The van der Waals surface area contributed by atoms with Crippen molar-refractivity contribution < 1.29 is 18.4 Å². The largest absolute Gasteiger partial charge is 0.336 e. The molecule has 1 aromatic heterocycles. The van der Waals surface area contributed by atoms with Gasteiger partial charge in [-0.25, -0.2) is 19.2 Å². The smallest absolute Gasteiger partial charge is 0.277 e. The number of halogens is 4. The van der Waals surface area contributed by atoms with Gasteiger partial charge < -0.3 is 5.32 Å². The number of pyridine rings is 1. The lowest BCUT2D eigenvalue weighted by Gasteiger charge is -2.20. The molecule has 9 heteroatoms. The third kappa shape index (κ3) is 4.90. The first-order valence-electron chi connectivity index (χ1n) is 7.54. The van der Waals surface area contributed by atoms with Crippen LogP contribution < -0.4 is 10.8 Å². The average molecular weight is 449 g/mol. The monoisotopic (exact) mass is 447 g/mol. The third-order valence-electron chi connectivity index (χ3n) is 3.08. The van der Waals surface area contributed by atoms with Crippen LogP contribution in [0.2, 0.25) is 5.02 Å². The Labute approximate surface area is 163 Å². The van der Waals surface area contributed by atoms with Crippen LogP contribution in [-0.4, -0.2) is 16.5 Å². The van der Waals surface area contributed by atoms with Crippen LogP contribution in [-0.2, 0) is 4.84 Å². The number of aryl methyl sites for hydroxylation is 1. The fourth-order valence-corrected chi connectivity index (χ4v) is 2.65. The zero-order valence-corrected chi connectivity index (χ0v) is 16.8. The summed E-state index contributed by atoms with van der Waals surface area (Å²) >= 11 is 8.98. The minimum absolute atomic E-state index is 0.210. The molecule has 0 saturated carbocycles. The summed E-state index contributed by atoms with van der Waals surface area (Å²) in [6, 6.07) is 2.76. The fraction of sp³-hybridized carbons (Fsp3) is 0.294. The topological polar surface area (TPSA) is 63.2 Å². The van der Waals surface area contributed by atoms with E-state index >= 15 is 0 Å². The molecular formula is C17H17BrClF2N3O2. The Morgan fingerprint density at radius 2 is 1.92 bits per heavy atom. The first kappa shape index (κ1) is 20.5. The molecule has 1 amide bonds. The van der Waals surface area contributed by atoms with E-state index in [-0.39, 0.29) is 11.4 Å². The van der Waals surface area contributed by atoms with Crippen molar-refractivity contribution in [3.05, 3.63) is 50.6 Å². The number of benzene rings is 1. The van der Waals surface area contributed by atoms with E-state index in [1.165, 1.54) is 0 Å². The maximum Gasteiger partial charge on any atom is 0.277 e. The molecule has 1 heterocycles. The highest BCUT2D eigenvalue weighted by atomic mass is 79.9. The molecule has 0 spiro atoms. The number of aromatic nitrogens is 1. The minimum Gasteiger partial charge on any atom is -0.336 e. The first-order valence-corrected chi connectivity index (χ1v) is 8.71. The van der Waals surface area contributed by atoms with Crippen molar-refractivity contribution in [3.8, 4) is 0 Å². The first-order chi connectivity index (χ1) is 12.0. The van der Waals surface area contributed by atoms with Gasteiger partial charge in [0.25, 0.3) is 5.91 Å². The maximum absolute atomic E-state index is 14.5. The van der Waals surface area contributed by atoms with E-state index in [1.54, 1.807) is 33.0 Å². The van der Waals surface area contributed by atoms with Gasteiger partial charge in [-0.05, 0) is 61.3 Å². The number of nitrogens with one attached hydrogen (secondary N) is 2. The van der Waals surface area contributed by atoms with Crippen molar-refractivity contribution in [2.75, 3.05) is 5.32 Å². The van der Waals surface area contributed by atoms with Crippen molar-refractivity contribution in [2.24, 2.45) is 0 Å². The van der Waals surface area contributed by atoms with Gasteiger partial charge in [0.2, 0.25) is 0 Å². The molecule has 0 radical (unpaired) electrons. The lowest BCUT2D eigenvalue weighted by molar-refractivity contribution is -0.0589. The van der Waals surface area contributed by atoms with Gasteiger partial charge in [0.15, 0.2) is 11.6 Å². The lowest BCUT2D eigenvalue weighted by atomic mass is 10.1. The molecule has 140 valence electrons. The van der Waals surface area contributed by atoms with Crippen LogP contribution in [0.4, 0.5) is 20.3 Å². The Balaban J connectivity index is 2.46. The Kier molecular flexibility index (Phi) is 6.21. The van der Waals surface area contributed by atoms with E-state index in [1.807, 2.05) is 6.92 Å².